The Labute approximate surface area is 119 Å². The number of thioether (sulfide) groups is 1. The first kappa shape index (κ1) is 13.6. The highest BCUT2D eigenvalue weighted by Gasteiger charge is 2.11. The van der Waals surface area contributed by atoms with Crippen molar-refractivity contribution in [3.8, 4) is 0 Å². The zero-order valence-electron chi connectivity index (χ0n) is 9.64. The highest BCUT2D eigenvalue weighted by Crippen LogP contribution is 2.30. The molecule has 0 saturated heterocycles. The number of hydrogen-bond donors (Lipinski definition) is 1. The van der Waals surface area contributed by atoms with Crippen LogP contribution >= 0.6 is 27.7 Å². The van der Waals surface area contributed by atoms with Gasteiger partial charge in [0.15, 0.2) is 0 Å². The SMILES string of the molecule is NC(CSc1ccccc1Br)c1ccccc1F. The van der Waals surface area contributed by atoms with Gasteiger partial charge in [-0.3, -0.25) is 0 Å². The number of nitrogens with two attached hydrogens (primary N) is 1. The van der Waals surface area contributed by atoms with Gasteiger partial charge in [-0.05, 0) is 34.1 Å². The van der Waals surface area contributed by atoms with Gasteiger partial charge in [-0.1, -0.05) is 30.3 Å². The normalized spacial score (nSPS) is 12.4. The second-order valence-electron chi connectivity index (χ2n) is 3.87. The van der Waals surface area contributed by atoms with Crippen molar-refractivity contribution in [2.75, 3.05) is 5.75 Å². The van der Waals surface area contributed by atoms with E-state index in [0.29, 0.717) is 11.3 Å². The molecule has 0 aliphatic heterocycles. The van der Waals surface area contributed by atoms with Crippen LogP contribution in [-0.2, 0) is 0 Å². The molecular formula is C14H13BrFNS. The topological polar surface area (TPSA) is 26.0 Å². The fourth-order valence-corrected chi connectivity index (χ4v) is 3.15. The van der Waals surface area contributed by atoms with E-state index in [0.717, 1.165) is 9.37 Å². The van der Waals surface area contributed by atoms with Crippen LogP contribution in [0, 0.1) is 5.82 Å². The Balaban J connectivity index is 2.03. The van der Waals surface area contributed by atoms with E-state index in [1.165, 1.54) is 6.07 Å². The molecule has 0 fully saturated rings. The molecule has 2 aromatic rings. The van der Waals surface area contributed by atoms with Crippen LogP contribution in [0.3, 0.4) is 0 Å². The van der Waals surface area contributed by atoms with E-state index in [1.807, 2.05) is 24.3 Å². The summed E-state index contributed by atoms with van der Waals surface area (Å²) in [4.78, 5) is 1.12. The molecule has 1 nitrogen and oxygen atoms in total. The lowest BCUT2D eigenvalue weighted by atomic mass is 10.1. The third kappa shape index (κ3) is 3.34. The molecule has 0 aliphatic rings. The van der Waals surface area contributed by atoms with Crippen LogP contribution in [0.2, 0.25) is 0 Å². The summed E-state index contributed by atoms with van der Waals surface area (Å²) >= 11 is 5.10. The highest BCUT2D eigenvalue weighted by molar-refractivity contribution is 9.10. The summed E-state index contributed by atoms with van der Waals surface area (Å²) < 4.78 is 14.6. The molecule has 2 aromatic carbocycles. The molecule has 2 rings (SSSR count). The van der Waals surface area contributed by atoms with Gasteiger partial charge in [-0.2, -0.15) is 0 Å². The number of hydrogen-bond acceptors (Lipinski definition) is 2. The van der Waals surface area contributed by atoms with Crippen molar-refractivity contribution < 1.29 is 4.39 Å². The van der Waals surface area contributed by atoms with Crippen LogP contribution in [0.4, 0.5) is 4.39 Å². The predicted octanol–water partition coefficient (Wildman–Crippen LogP) is 4.38. The standard InChI is InChI=1S/C14H13BrFNS/c15-11-6-2-4-8-14(11)18-9-13(17)10-5-1-3-7-12(10)16/h1-8,13H,9,17H2. The molecule has 0 radical (unpaired) electrons. The van der Waals surface area contributed by atoms with Crippen molar-refractivity contribution in [1.82, 2.24) is 0 Å². The van der Waals surface area contributed by atoms with E-state index in [4.69, 9.17) is 5.73 Å². The Morgan fingerprint density at radius 3 is 2.50 bits per heavy atom. The van der Waals surface area contributed by atoms with Crippen molar-refractivity contribution in [3.63, 3.8) is 0 Å². The Bertz CT molecular complexity index is 533. The maximum Gasteiger partial charge on any atom is 0.128 e. The first-order chi connectivity index (χ1) is 8.68. The van der Waals surface area contributed by atoms with Crippen LogP contribution in [0.25, 0.3) is 0 Å². The van der Waals surface area contributed by atoms with Crippen LogP contribution in [0.15, 0.2) is 57.9 Å². The van der Waals surface area contributed by atoms with Gasteiger partial charge in [0.05, 0.1) is 0 Å². The second-order valence-corrected chi connectivity index (χ2v) is 5.79. The average molecular weight is 326 g/mol. The first-order valence-electron chi connectivity index (χ1n) is 5.56. The second kappa shape index (κ2) is 6.36. The molecule has 0 spiro atoms. The fourth-order valence-electron chi connectivity index (χ4n) is 1.61. The Hall–Kier alpha value is -0.840. The quantitative estimate of drug-likeness (QED) is 0.844. The lowest BCUT2D eigenvalue weighted by molar-refractivity contribution is 0.595. The lowest BCUT2D eigenvalue weighted by Crippen LogP contribution is -2.14. The summed E-state index contributed by atoms with van der Waals surface area (Å²) in [6.45, 7) is 0. The average Bonchev–Trinajstić information content (AvgIpc) is 2.38. The van der Waals surface area contributed by atoms with E-state index in [9.17, 15) is 4.39 Å². The Morgan fingerprint density at radius 1 is 1.11 bits per heavy atom. The monoisotopic (exact) mass is 325 g/mol. The molecule has 0 amide bonds. The third-order valence-corrected chi connectivity index (χ3v) is 4.71. The zero-order valence-corrected chi connectivity index (χ0v) is 12.0. The summed E-state index contributed by atoms with van der Waals surface area (Å²) in [5.74, 6) is 0.404. The van der Waals surface area contributed by atoms with Gasteiger partial charge in [-0.25, -0.2) is 4.39 Å². The molecular weight excluding hydrogens is 313 g/mol. The van der Waals surface area contributed by atoms with Crippen LogP contribution in [0.1, 0.15) is 11.6 Å². The van der Waals surface area contributed by atoms with Crippen LogP contribution in [0.5, 0.6) is 0 Å². The smallest absolute Gasteiger partial charge is 0.128 e. The van der Waals surface area contributed by atoms with E-state index in [-0.39, 0.29) is 11.9 Å². The van der Waals surface area contributed by atoms with Gasteiger partial charge >= 0.3 is 0 Å². The lowest BCUT2D eigenvalue weighted by Gasteiger charge is -2.13. The maximum absolute atomic E-state index is 13.5. The number of rotatable bonds is 4. The molecule has 2 N–H and O–H groups in total. The molecule has 0 aliphatic carbocycles. The highest BCUT2D eigenvalue weighted by atomic mass is 79.9. The molecule has 1 unspecified atom stereocenters. The zero-order chi connectivity index (χ0) is 13.0. The van der Waals surface area contributed by atoms with Crippen LogP contribution < -0.4 is 5.73 Å². The number of halogens is 2. The summed E-state index contributed by atoms with van der Waals surface area (Å²) in [6.07, 6.45) is 0. The van der Waals surface area contributed by atoms with Gasteiger partial charge in [0, 0.05) is 26.7 Å². The molecule has 18 heavy (non-hydrogen) atoms. The third-order valence-electron chi connectivity index (χ3n) is 2.56. The van der Waals surface area contributed by atoms with Crippen molar-refractivity contribution in [2.45, 2.75) is 10.9 Å². The van der Waals surface area contributed by atoms with Gasteiger partial charge in [-0.15, -0.1) is 11.8 Å². The maximum atomic E-state index is 13.5. The summed E-state index contributed by atoms with van der Waals surface area (Å²) in [6, 6.07) is 14.3. The summed E-state index contributed by atoms with van der Waals surface area (Å²) in [5.41, 5.74) is 6.58. The van der Waals surface area contributed by atoms with Crippen LogP contribution in [-0.4, -0.2) is 5.75 Å². The minimum Gasteiger partial charge on any atom is -0.323 e. The summed E-state index contributed by atoms with van der Waals surface area (Å²) in [7, 11) is 0. The van der Waals surface area contributed by atoms with Gasteiger partial charge < -0.3 is 5.73 Å². The van der Waals surface area contributed by atoms with Crippen molar-refractivity contribution in [3.05, 3.63) is 64.4 Å². The minimum atomic E-state index is -0.302. The molecule has 0 aromatic heterocycles. The van der Waals surface area contributed by atoms with E-state index in [2.05, 4.69) is 15.9 Å². The molecule has 0 saturated carbocycles. The van der Waals surface area contributed by atoms with E-state index in [1.54, 1.807) is 30.0 Å². The molecule has 1 atom stereocenters. The van der Waals surface area contributed by atoms with Gasteiger partial charge in [0.1, 0.15) is 5.82 Å². The fraction of sp³-hybridized carbons (Fsp3) is 0.143. The molecule has 4 heteroatoms. The van der Waals surface area contributed by atoms with Gasteiger partial charge in [0.2, 0.25) is 0 Å². The Morgan fingerprint density at radius 2 is 1.78 bits per heavy atom. The van der Waals surface area contributed by atoms with E-state index >= 15 is 0 Å². The first-order valence-corrected chi connectivity index (χ1v) is 7.33. The Kier molecular flexibility index (Phi) is 4.80. The molecule has 0 bridgehead atoms. The van der Waals surface area contributed by atoms with Crippen molar-refractivity contribution in [2.24, 2.45) is 5.73 Å². The van der Waals surface area contributed by atoms with E-state index < -0.39 is 0 Å². The van der Waals surface area contributed by atoms with Gasteiger partial charge in [0.25, 0.3) is 0 Å². The largest absolute Gasteiger partial charge is 0.323 e. The molecule has 94 valence electrons. The minimum absolute atomic E-state index is 0.238. The van der Waals surface area contributed by atoms with Crippen molar-refractivity contribution >= 4 is 27.7 Å². The predicted molar refractivity (Wildman–Crippen MR) is 78.2 cm³/mol. The summed E-state index contributed by atoms with van der Waals surface area (Å²) in [5, 5.41) is 0. The van der Waals surface area contributed by atoms with Crippen molar-refractivity contribution in [1.29, 1.82) is 0 Å². The number of benzene rings is 2. The molecule has 0 heterocycles.